The van der Waals surface area contributed by atoms with E-state index in [4.69, 9.17) is 4.98 Å². The number of H-pyrrole nitrogens is 1. The molecule has 0 atom stereocenters. The summed E-state index contributed by atoms with van der Waals surface area (Å²) in [5.74, 6) is 2.55. The Morgan fingerprint density at radius 3 is 2.61 bits per heavy atom. The molecule has 0 amide bonds. The van der Waals surface area contributed by atoms with Crippen molar-refractivity contribution in [2.24, 2.45) is 0 Å². The largest absolute Gasteiger partial charge is 0.262 e. The van der Waals surface area contributed by atoms with Crippen LogP contribution >= 0.6 is 11.3 Å². The van der Waals surface area contributed by atoms with E-state index in [1.54, 1.807) is 11.3 Å². The fourth-order valence-corrected chi connectivity index (χ4v) is 3.36. The zero-order valence-electron chi connectivity index (χ0n) is 10.6. The fraction of sp³-hybridized carbons (Fsp3) is 0.571. The Bertz CT molecular complexity index is 467. The number of thiophene rings is 1. The van der Waals surface area contributed by atoms with E-state index in [0.29, 0.717) is 5.92 Å². The molecular weight excluding hydrogens is 242 g/mol. The Balaban J connectivity index is 1.75. The minimum Gasteiger partial charge on any atom is -0.262 e. The number of rotatable bonds is 2. The number of aromatic amines is 1. The first-order valence-corrected chi connectivity index (χ1v) is 7.77. The summed E-state index contributed by atoms with van der Waals surface area (Å²) >= 11 is 1.70. The minimum atomic E-state index is 0.589. The molecular formula is C14H19N3S. The summed E-state index contributed by atoms with van der Waals surface area (Å²) in [6.45, 7) is 0. The van der Waals surface area contributed by atoms with Crippen LogP contribution in [0.2, 0.25) is 0 Å². The average Bonchev–Trinajstić information content (AvgIpc) is 2.98. The van der Waals surface area contributed by atoms with E-state index in [2.05, 4.69) is 21.6 Å². The fourth-order valence-electron chi connectivity index (χ4n) is 2.70. The third-order valence-electron chi connectivity index (χ3n) is 3.74. The molecule has 0 spiro atoms. The molecule has 0 bridgehead atoms. The van der Waals surface area contributed by atoms with Crippen LogP contribution in [0, 0.1) is 0 Å². The summed E-state index contributed by atoms with van der Waals surface area (Å²) in [6, 6.07) is 4.13. The molecule has 2 heterocycles. The monoisotopic (exact) mass is 261 g/mol. The predicted octanol–water partition coefficient (Wildman–Crippen LogP) is 4.36. The molecule has 4 heteroatoms. The molecule has 18 heavy (non-hydrogen) atoms. The summed E-state index contributed by atoms with van der Waals surface area (Å²) < 4.78 is 0. The van der Waals surface area contributed by atoms with E-state index >= 15 is 0 Å². The number of nitrogens with one attached hydrogen (secondary N) is 1. The summed E-state index contributed by atoms with van der Waals surface area (Å²) in [5, 5.41) is 9.59. The van der Waals surface area contributed by atoms with Gasteiger partial charge in [-0.25, -0.2) is 4.98 Å². The maximum absolute atomic E-state index is 4.69. The highest BCUT2D eigenvalue weighted by Gasteiger charge is 2.18. The van der Waals surface area contributed by atoms with Crippen molar-refractivity contribution >= 4 is 11.3 Å². The quantitative estimate of drug-likeness (QED) is 0.872. The summed E-state index contributed by atoms with van der Waals surface area (Å²) in [4.78, 5) is 5.85. The second-order valence-corrected chi connectivity index (χ2v) is 6.01. The van der Waals surface area contributed by atoms with Crippen molar-refractivity contribution < 1.29 is 0 Å². The van der Waals surface area contributed by atoms with Gasteiger partial charge in [-0.3, -0.25) is 5.10 Å². The molecule has 1 aliphatic rings. The van der Waals surface area contributed by atoms with Crippen LogP contribution in [-0.2, 0) is 0 Å². The smallest absolute Gasteiger partial charge is 0.191 e. The first-order valence-electron chi connectivity index (χ1n) is 6.89. The van der Waals surface area contributed by atoms with Gasteiger partial charge in [0.05, 0.1) is 4.88 Å². The van der Waals surface area contributed by atoms with Crippen LogP contribution < -0.4 is 0 Å². The Kier molecular flexibility index (Phi) is 3.74. The third kappa shape index (κ3) is 2.64. The van der Waals surface area contributed by atoms with E-state index in [-0.39, 0.29) is 0 Å². The van der Waals surface area contributed by atoms with Crippen LogP contribution in [-0.4, -0.2) is 15.2 Å². The van der Waals surface area contributed by atoms with Gasteiger partial charge in [-0.1, -0.05) is 38.2 Å². The van der Waals surface area contributed by atoms with E-state index in [1.807, 2.05) is 6.07 Å². The second-order valence-electron chi connectivity index (χ2n) is 5.06. The highest BCUT2D eigenvalue weighted by atomic mass is 32.1. The maximum atomic E-state index is 4.69. The predicted molar refractivity (Wildman–Crippen MR) is 74.8 cm³/mol. The van der Waals surface area contributed by atoms with Crippen molar-refractivity contribution in [3.05, 3.63) is 23.3 Å². The normalized spacial score (nSPS) is 18.4. The van der Waals surface area contributed by atoms with Crippen LogP contribution in [0.1, 0.15) is 56.7 Å². The van der Waals surface area contributed by atoms with Crippen molar-refractivity contribution in [1.29, 1.82) is 0 Å². The van der Waals surface area contributed by atoms with Gasteiger partial charge in [0.2, 0.25) is 0 Å². The van der Waals surface area contributed by atoms with Crippen molar-refractivity contribution in [2.75, 3.05) is 0 Å². The lowest BCUT2D eigenvalue weighted by molar-refractivity contribution is 0.443. The van der Waals surface area contributed by atoms with Gasteiger partial charge in [-0.2, -0.15) is 5.10 Å². The highest BCUT2D eigenvalue weighted by molar-refractivity contribution is 7.13. The van der Waals surface area contributed by atoms with Crippen LogP contribution in [0.5, 0.6) is 0 Å². The first kappa shape index (κ1) is 11.9. The maximum Gasteiger partial charge on any atom is 0.191 e. The molecule has 96 valence electrons. The van der Waals surface area contributed by atoms with E-state index in [1.165, 1.54) is 44.9 Å². The van der Waals surface area contributed by atoms with Crippen LogP contribution in [0.3, 0.4) is 0 Å². The van der Waals surface area contributed by atoms with Gasteiger partial charge in [0.15, 0.2) is 5.82 Å². The number of aromatic nitrogens is 3. The van der Waals surface area contributed by atoms with Gasteiger partial charge in [-0.15, -0.1) is 11.3 Å². The Morgan fingerprint density at radius 1 is 1.11 bits per heavy atom. The Morgan fingerprint density at radius 2 is 1.89 bits per heavy atom. The van der Waals surface area contributed by atoms with Crippen LogP contribution in [0.4, 0.5) is 0 Å². The zero-order chi connectivity index (χ0) is 12.2. The lowest BCUT2D eigenvalue weighted by Crippen LogP contribution is -2.04. The molecule has 1 saturated carbocycles. The van der Waals surface area contributed by atoms with Gasteiger partial charge in [0.25, 0.3) is 0 Å². The van der Waals surface area contributed by atoms with E-state index < -0.39 is 0 Å². The van der Waals surface area contributed by atoms with Gasteiger partial charge >= 0.3 is 0 Å². The third-order valence-corrected chi connectivity index (χ3v) is 4.60. The zero-order valence-corrected chi connectivity index (χ0v) is 11.4. The number of hydrogen-bond donors (Lipinski definition) is 1. The molecule has 2 aromatic heterocycles. The summed E-state index contributed by atoms with van der Waals surface area (Å²) in [6.07, 6.45) is 9.35. The van der Waals surface area contributed by atoms with Crippen LogP contribution in [0.15, 0.2) is 17.5 Å². The van der Waals surface area contributed by atoms with Gasteiger partial charge in [0, 0.05) is 5.92 Å². The first-order chi connectivity index (χ1) is 8.93. The van der Waals surface area contributed by atoms with Crippen molar-refractivity contribution in [3.63, 3.8) is 0 Å². The topological polar surface area (TPSA) is 41.6 Å². The molecule has 3 rings (SSSR count). The second kappa shape index (κ2) is 5.65. The van der Waals surface area contributed by atoms with E-state index in [9.17, 15) is 0 Å². The molecule has 1 N–H and O–H groups in total. The molecule has 0 unspecified atom stereocenters. The Hall–Kier alpha value is -1.16. The summed E-state index contributed by atoms with van der Waals surface area (Å²) in [7, 11) is 0. The molecule has 0 aliphatic heterocycles. The SMILES string of the molecule is c1csc(-c2n[nH]c(C3CCCCCCC3)n2)c1. The minimum absolute atomic E-state index is 0.589. The lowest BCUT2D eigenvalue weighted by atomic mass is 9.91. The van der Waals surface area contributed by atoms with Gasteiger partial charge in [-0.05, 0) is 24.3 Å². The highest BCUT2D eigenvalue weighted by Crippen LogP contribution is 2.30. The molecule has 0 radical (unpaired) electrons. The standard InChI is InChI=1S/C14H19N3S/c1-2-4-7-11(8-5-3-1)13-15-14(17-16-13)12-9-6-10-18-12/h6,9-11H,1-5,7-8H2,(H,15,16,17). The Labute approximate surface area is 112 Å². The van der Waals surface area contributed by atoms with E-state index in [0.717, 1.165) is 16.5 Å². The molecule has 0 saturated heterocycles. The van der Waals surface area contributed by atoms with Crippen molar-refractivity contribution in [1.82, 2.24) is 15.2 Å². The molecule has 0 aromatic carbocycles. The van der Waals surface area contributed by atoms with Crippen LogP contribution in [0.25, 0.3) is 10.7 Å². The lowest BCUT2D eigenvalue weighted by Gasteiger charge is -2.16. The number of nitrogens with zero attached hydrogens (tertiary/aromatic N) is 2. The van der Waals surface area contributed by atoms with Gasteiger partial charge in [0.1, 0.15) is 5.82 Å². The molecule has 1 aliphatic carbocycles. The molecule has 2 aromatic rings. The summed E-state index contributed by atoms with van der Waals surface area (Å²) in [5.41, 5.74) is 0. The van der Waals surface area contributed by atoms with Crippen molar-refractivity contribution in [2.45, 2.75) is 50.9 Å². The molecule has 1 fully saturated rings. The molecule has 3 nitrogen and oxygen atoms in total. The van der Waals surface area contributed by atoms with Crippen molar-refractivity contribution in [3.8, 4) is 10.7 Å². The van der Waals surface area contributed by atoms with Gasteiger partial charge < -0.3 is 0 Å². The number of hydrogen-bond acceptors (Lipinski definition) is 3. The average molecular weight is 261 g/mol.